The second-order valence-electron chi connectivity index (χ2n) is 4.94. The van der Waals surface area contributed by atoms with Crippen molar-refractivity contribution in [3.8, 4) is 0 Å². The van der Waals surface area contributed by atoms with Crippen LogP contribution < -0.4 is 0 Å². The van der Waals surface area contributed by atoms with Crippen LogP contribution in [0.1, 0.15) is 48.3 Å². The van der Waals surface area contributed by atoms with E-state index >= 15 is 0 Å². The zero-order chi connectivity index (χ0) is 10.8. The summed E-state index contributed by atoms with van der Waals surface area (Å²) in [6, 6.07) is 6.76. The van der Waals surface area contributed by atoms with Crippen LogP contribution >= 0.6 is 0 Å². The van der Waals surface area contributed by atoms with E-state index in [9.17, 15) is 5.11 Å². The Balaban J connectivity index is 2.20. The van der Waals surface area contributed by atoms with Crippen molar-refractivity contribution in [1.82, 2.24) is 0 Å². The van der Waals surface area contributed by atoms with Gasteiger partial charge in [0.25, 0.3) is 0 Å². The molecule has 0 heterocycles. The van der Waals surface area contributed by atoms with Gasteiger partial charge in [0.1, 0.15) is 0 Å². The smallest absolute Gasteiger partial charge is 0.0546 e. The summed E-state index contributed by atoms with van der Waals surface area (Å²) in [6.45, 7) is 4.30. The van der Waals surface area contributed by atoms with Crippen molar-refractivity contribution in [3.63, 3.8) is 0 Å². The normalized spacial score (nSPS) is 26.6. The maximum absolute atomic E-state index is 9.68. The lowest BCUT2D eigenvalue weighted by Crippen LogP contribution is -2.18. The Morgan fingerprint density at radius 1 is 1.07 bits per heavy atom. The van der Waals surface area contributed by atoms with Gasteiger partial charge in [0.2, 0.25) is 0 Å². The second kappa shape index (κ2) is 4.36. The minimum absolute atomic E-state index is 0.0791. The van der Waals surface area contributed by atoms with E-state index in [1.165, 1.54) is 29.5 Å². The van der Waals surface area contributed by atoms with E-state index in [1.54, 1.807) is 0 Å². The van der Waals surface area contributed by atoms with Gasteiger partial charge in [-0.3, -0.25) is 0 Å². The zero-order valence-corrected chi connectivity index (χ0v) is 9.66. The largest absolute Gasteiger partial charge is 0.393 e. The van der Waals surface area contributed by atoms with Crippen molar-refractivity contribution in [2.75, 3.05) is 0 Å². The topological polar surface area (TPSA) is 20.2 Å². The second-order valence-corrected chi connectivity index (χ2v) is 4.94. The molecule has 0 bridgehead atoms. The van der Waals surface area contributed by atoms with Crippen LogP contribution in [0.4, 0.5) is 0 Å². The molecule has 1 aromatic rings. The molecule has 0 saturated heterocycles. The molecule has 1 N–H and O–H groups in total. The van der Waals surface area contributed by atoms with Crippen LogP contribution in [-0.4, -0.2) is 11.2 Å². The van der Waals surface area contributed by atoms with Gasteiger partial charge in [-0.05, 0) is 44.6 Å². The average molecular weight is 204 g/mol. The van der Waals surface area contributed by atoms with Crippen molar-refractivity contribution >= 4 is 0 Å². The van der Waals surface area contributed by atoms with Gasteiger partial charge >= 0.3 is 0 Å². The molecule has 1 aliphatic carbocycles. The summed E-state index contributed by atoms with van der Waals surface area (Å²) in [4.78, 5) is 0. The average Bonchev–Trinajstić information content (AvgIpc) is 2.16. The molecule has 2 atom stereocenters. The van der Waals surface area contributed by atoms with Crippen LogP contribution in [0.3, 0.4) is 0 Å². The fourth-order valence-corrected chi connectivity index (χ4v) is 2.71. The molecule has 2 rings (SSSR count). The van der Waals surface area contributed by atoms with Crippen LogP contribution in [0.2, 0.25) is 0 Å². The summed E-state index contributed by atoms with van der Waals surface area (Å²) in [6.07, 6.45) is 4.26. The van der Waals surface area contributed by atoms with E-state index in [4.69, 9.17) is 0 Å². The first-order chi connectivity index (χ1) is 7.15. The summed E-state index contributed by atoms with van der Waals surface area (Å²) in [5, 5.41) is 9.68. The standard InChI is InChI=1S/C14H20O/c1-10-6-11(2)8-13(7-10)12-4-3-5-14(15)9-12/h6-8,12,14-15H,3-5,9H2,1-2H3. The number of benzene rings is 1. The third-order valence-corrected chi connectivity index (χ3v) is 3.36. The van der Waals surface area contributed by atoms with Gasteiger partial charge in [0, 0.05) is 0 Å². The molecule has 1 saturated carbocycles. The molecule has 0 amide bonds. The van der Waals surface area contributed by atoms with E-state index in [0.717, 1.165) is 12.8 Å². The van der Waals surface area contributed by atoms with E-state index in [2.05, 4.69) is 32.0 Å². The number of hydrogen-bond acceptors (Lipinski definition) is 1. The van der Waals surface area contributed by atoms with Gasteiger partial charge < -0.3 is 5.11 Å². The summed E-state index contributed by atoms with van der Waals surface area (Å²) in [7, 11) is 0. The molecular weight excluding hydrogens is 184 g/mol. The van der Waals surface area contributed by atoms with Gasteiger partial charge in [0.15, 0.2) is 0 Å². The van der Waals surface area contributed by atoms with Gasteiger partial charge in [-0.1, -0.05) is 35.7 Å². The molecule has 0 aliphatic heterocycles. The Morgan fingerprint density at radius 3 is 2.33 bits per heavy atom. The molecule has 1 aromatic carbocycles. The highest BCUT2D eigenvalue weighted by Gasteiger charge is 2.21. The summed E-state index contributed by atoms with van der Waals surface area (Å²) in [5.74, 6) is 0.576. The molecule has 1 aliphatic rings. The Bertz CT molecular complexity index is 323. The van der Waals surface area contributed by atoms with Crippen LogP contribution in [0, 0.1) is 13.8 Å². The molecule has 1 fully saturated rings. The van der Waals surface area contributed by atoms with Crippen LogP contribution in [0.25, 0.3) is 0 Å². The van der Waals surface area contributed by atoms with Gasteiger partial charge in [-0.25, -0.2) is 0 Å². The minimum Gasteiger partial charge on any atom is -0.393 e. The van der Waals surface area contributed by atoms with Gasteiger partial charge in [0.05, 0.1) is 6.10 Å². The first-order valence-corrected chi connectivity index (χ1v) is 5.91. The zero-order valence-electron chi connectivity index (χ0n) is 9.66. The number of rotatable bonds is 1. The van der Waals surface area contributed by atoms with Crippen LogP contribution in [0.5, 0.6) is 0 Å². The van der Waals surface area contributed by atoms with Gasteiger partial charge in [-0.15, -0.1) is 0 Å². The lowest BCUT2D eigenvalue weighted by molar-refractivity contribution is 0.119. The predicted octanol–water partition coefficient (Wildman–Crippen LogP) is 3.32. The lowest BCUT2D eigenvalue weighted by Gasteiger charge is -2.26. The number of aryl methyl sites for hydroxylation is 2. The van der Waals surface area contributed by atoms with E-state index in [1.807, 2.05) is 0 Å². The highest BCUT2D eigenvalue weighted by molar-refractivity contribution is 5.31. The SMILES string of the molecule is Cc1cc(C)cc(C2CCCC(O)C2)c1. The molecule has 1 heteroatoms. The minimum atomic E-state index is -0.0791. The highest BCUT2D eigenvalue weighted by atomic mass is 16.3. The molecule has 15 heavy (non-hydrogen) atoms. The molecule has 82 valence electrons. The van der Waals surface area contributed by atoms with Crippen molar-refractivity contribution in [1.29, 1.82) is 0 Å². The quantitative estimate of drug-likeness (QED) is 0.744. The third kappa shape index (κ3) is 2.60. The monoisotopic (exact) mass is 204 g/mol. The van der Waals surface area contributed by atoms with Crippen molar-refractivity contribution in [2.45, 2.75) is 51.6 Å². The fourth-order valence-electron chi connectivity index (χ4n) is 2.71. The highest BCUT2D eigenvalue weighted by Crippen LogP contribution is 2.33. The number of hydrogen-bond donors (Lipinski definition) is 1. The number of aliphatic hydroxyl groups excluding tert-OH is 1. The lowest BCUT2D eigenvalue weighted by atomic mass is 9.82. The molecule has 0 radical (unpaired) electrons. The molecular formula is C14H20O. The molecule has 0 aromatic heterocycles. The van der Waals surface area contributed by atoms with Crippen LogP contribution in [0.15, 0.2) is 18.2 Å². The maximum Gasteiger partial charge on any atom is 0.0546 e. The summed E-state index contributed by atoms with van der Waals surface area (Å²) in [5.41, 5.74) is 4.10. The van der Waals surface area contributed by atoms with E-state index < -0.39 is 0 Å². The Hall–Kier alpha value is -0.820. The van der Waals surface area contributed by atoms with E-state index in [0.29, 0.717) is 5.92 Å². The first kappa shape index (κ1) is 10.7. The summed E-state index contributed by atoms with van der Waals surface area (Å²) < 4.78 is 0. The van der Waals surface area contributed by atoms with Crippen molar-refractivity contribution in [3.05, 3.63) is 34.9 Å². The van der Waals surface area contributed by atoms with Crippen LogP contribution in [-0.2, 0) is 0 Å². The Kier molecular flexibility index (Phi) is 3.11. The molecule has 1 nitrogen and oxygen atoms in total. The Morgan fingerprint density at radius 2 is 1.73 bits per heavy atom. The van der Waals surface area contributed by atoms with Gasteiger partial charge in [-0.2, -0.15) is 0 Å². The van der Waals surface area contributed by atoms with Crippen molar-refractivity contribution in [2.24, 2.45) is 0 Å². The maximum atomic E-state index is 9.68. The fraction of sp³-hybridized carbons (Fsp3) is 0.571. The first-order valence-electron chi connectivity index (χ1n) is 5.91. The van der Waals surface area contributed by atoms with E-state index in [-0.39, 0.29) is 6.10 Å². The molecule has 0 spiro atoms. The van der Waals surface area contributed by atoms with Crippen molar-refractivity contribution < 1.29 is 5.11 Å². The molecule has 2 unspecified atom stereocenters. The third-order valence-electron chi connectivity index (χ3n) is 3.36. The summed E-state index contributed by atoms with van der Waals surface area (Å²) >= 11 is 0. The number of aliphatic hydroxyl groups is 1. The predicted molar refractivity (Wildman–Crippen MR) is 63.1 cm³/mol. The Labute approximate surface area is 92.1 Å².